The van der Waals surface area contributed by atoms with Gasteiger partial charge in [0, 0.05) is 40.5 Å². The van der Waals surface area contributed by atoms with E-state index in [2.05, 4.69) is 34.8 Å². The van der Waals surface area contributed by atoms with Gasteiger partial charge in [0.05, 0.1) is 28.5 Å². The molecule has 0 unspecified atom stereocenters. The lowest BCUT2D eigenvalue weighted by molar-refractivity contribution is 0.197. The van der Waals surface area contributed by atoms with Crippen LogP contribution < -0.4 is 5.73 Å². The van der Waals surface area contributed by atoms with Gasteiger partial charge in [-0.3, -0.25) is 4.98 Å². The maximum absolute atomic E-state index is 9.46. The van der Waals surface area contributed by atoms with Gasteiger partial charge in [0.1, 0.15) is 0 Å². The third-order valence-electron chi connectivity index (χ3n) is 5.68. The molecule has 4 nitrogen and oxygen atoms in total. The van der Waals surface area contributed by atoms with Crippen molar-refractivity contribution in [3.63, 3.8) is 0 Å². The van der Waals surface area contributed by atoms with Crippen LogP contribution in [0.15, 0.2) is 30.7 Å². The van der Waals surface area contributed by atoms with Gasteiger partial charge in [0.15, 0.2) is 0 Å². The minimum absolute atomic E-state index is 0.465. The molecule has 26 heavy (non-hydrogen) atoms. The molecule has 0 spiro atoms. The predicted molar refractivity (Wildman–Crippen MR) is 106 cm³/mol. The molecule has 1 fully saturated rings. The molecule has 3 aromatic rings. The fourth-order valence-corrected chi connectivity index (χ4v) is 4.15. The van der Waals surface area contributed by atoms with E-state index in [4.69, 9.17) is 17.3 Å². The molecule has 132 valence electrons. The SMILES string of the molecule is CCC1CC(n2cc(-c3cncc(N)c3Cl)c3cc(C#N)c(C)cc32)C1. The van der Waals surface area contributed by atoms with Crippen molar-refractivity contribution in [2.45, 2.75) is 39.2 Å². The highest BCUT2D eigenvalue weighted by atomic mass is 35.5. The molecule has 0 bridgehead atoms. The molecular formula is C21H21ClN4. The quantitative estimate of drug-likeness (QED) is 0.669. The second-order valence-electron chi connectivity index (χ2n) is 7.24. The zero-order chi connectivity index (χ0) is 18.4. The summed E-state index contributed by atoms with van der Waals surface area (Å²) in [5.41, 5.74) is 11.1. The van der Waals surface area contributed by atoms with Crippen molar-refractivity contribution in [1.29, 1.82) is 5.26 Å². The second kappa shape index (κ2) is 6.34. The lowest BCUT2D eigenvalue weighted by Crippen LogP contribution is -2.25. The van der Waals surface area contributed by atoms with Crippen molar-refractivity contribution in [1.82, 2.24) is 9.55 Å². The van der Waals surface area contributed by atoms with E-state index in [1.165, 1.54) is 19.3 Å². The van der Waals surface area contributed by atoms with E-state index in [-0.39, 0.29) is 0 Å². The van der Waals surface area contributed by atoms with Crippen LogP contribution in [0.1, 0.15) is 43.4 Å². The molecule has 0 amide bonds. The molecule has 1 saturated carbocycles. The monoisotopic (exact) mass is 364 g/mol. The minimum atomic E-state index is 0.465. The van der Waals surface area contributed by atoms with Gasteiger partial charge >= 0.3 is 0 Å². The van der Waals surface area contributed by atoms with Crippen molar-refractivity contribution < 1.29 is 0 Å². The molecule has 0 radical (unpaired) electrons. The Morgan fingerprint density at radius 3 is 2.77 bits per heavy atom. The van der Waals surface area contributed by atoms with Gasteiger partial charge < -0.3 is 10.3 Å². The Morgan fingerprint density at radius 1 is 1.31 bits per heavy atom. The predicted octanol–water partition coefficient (Wildman–Crippen LogP) is 5.48. The first-order valence-corrected chi connectivity index (χ1v) is 9.35. The van der Waals surface area contributed by atoms with Crippen LogP contribution in [0.4, 0.5) is 5.69 Å². The molecule has 2 aromatic heterocycles. The van der Waals surface area contributed by atoms with Crippen LogP contribution in [0.2, 0.25) is 5.02 Å². The van der Waals surface area contributed by atoms with Crippen LogP contribution in [-0.2, 0) is 0 Å². The molecule has 0 saturated heterocycles. The second-order valence-corrected chi connectivity index (χ2v) is 7.61. The van der Waals surface area contributed by atoms with E-state index >= 15 is 0 Å². The van der Waals surface area contributed by atoms with Crippen molar-refractivity contribution in [2.24, 2.45) is 5.92 Å². The molecular weight excluding hydrogens is 344 g/mol. The van der Waals surface area contributed by atoms with Crippen LogP contribution in [0, 0.1) is 24.2 Å². The highest BCUT2D eigenvalue weighted by Gasteiger charge is 2.30. The average molecular weight is 365 g/mol. The summed E-state index contributed by atoms with van der Waals surface area (Å²) in [6.45, 7) is 4.24. The smallest absolute Gasteiger partial charge is 0.0994 e. The van der Waals surface area contributed by atoms with Gasteiger partial charge in [0.2, 0.25) is 0 Å². The topological polar surface area (TPSA) is 67.6 Å². The van der Waals surface area contributed by atoms with Crippen LogP contribution >= 0.6 is 11.6 Å². The van der Waals surface area contributed by atoms with Gasteiger partial charge in [-0.25, -0.2) is 0 Å². The number of benzene rings is 1. The van der Waals surface area contributed by atoms with E-state index < -0.39 is 0 Å². The number of fused-ring (bicyclic) bond motifs is 1. The molecule has 2 heterocycles. The number of aryl methyl sites for hydroxylation is 1. The number of nitriles is 1. The highest BCUT2D eigenvalue weighted by molar-refractivity contribution is 6.36. The Balaban J connectivity index is 1.95. The summed E-state index contributed by atoms with van der Waals surface area (Å²) < 4.78 is 2.35. The van der Waals surface area contributed by atoms with Crippen molar-refractivity contribution >= 4 is 28.2 Å². The number of nitrogen functional groups attached to an aromatic ring is 1. The molecule has 4 rings (SSSR count). The fourth-order valence-electron chi connectivity index (χ4n) is 3.95. The Hall–Kier alpha value is -2.51. The van der Waals surface area contributed by atoms with E-state index in [9.17, 15) is 5.26 Å². The fraction of sp³-hybridized carbons (Fsp3) is 0.333. The van der Waals surface area contributed by atoms with Crippen molar-refractivity contribution in [3.05, 3.63) is 46.9 Å². The zero-order valence-electron chi connectivity index (χ0n) is 15.0. The van der Waals surface area contributed by atoms with Crippen LogP contribution in [0.3, 0.4) is 0 Å². The largest absolute Gasteiger partial charge is 0.396 e. The number of pyridine rings is 1. The number of nitrogens with zero attached hydrogens (tertiary/aromatic N) is 3. The Kier molecular flexibility index (Phi) is 4.13. The molecule has 5 heteroatoms. The molecule has 2 N–H and O–H groups in total. The number of halogens is 1. The lowest BCUT2D eigenvalue weighted by atomic mass is 9.78. The van der Waals surface area contributed by atoms with Crippen LogP contribution in [-0.4, -0.2) is 9.55 Å². The maximum atomic E-state index is 9.46. The van der Waals surface area contributed by atoms with E-state index in [0.29, 0.717) is 22.3 Å². The molecule has 0 atom stereocenters. The summed E-state index contributed by atoms with van der Waals surface area (Å²) in [7, 11) is 0. The maximum Gasteiger partial charge on any atom is 0.0994 e. The Bertz CT molecular complexity index is 1040. The number of hydrogen-bond acceptors (Lipinski definition) is 3. The number of hydrogen-bond donors (Lipinski definition) is 1. The Labute approximate surface area is 158 Å². The van der Waals surface area contributed by atoms with Crippen LogP contribution in [0.5, 0.6) is 0 Å². The first kappa shape index (κ1) is 16.9. The van der Waals surface area contributed by atoms with Gasteiger partial charge in [0.25, 0.3) is 0 Å². The van der Waals surface area contributed by atoms with Gasteiger partial charge in [-0.1, -0.05) is 24.9 Å². The van der Waals surface area contributed by atoms with Crippen LogP contribution in [0.25, 0.3) is 22.0 Å². The number of nitrogens with two attached hydrogens (primary N) is 1. The minimum Gasteiger partial charge on any atom is -0.396 e. The first-order valence-electron chi connectivity index (χ1n) is 8.98. The Morgan fingerprint density at radius 2 is 2.08 bits per heavy atom. The average Bonchev–Trinajstić information content (AvgIpc) is 2.94. The summed E-state index contributed by atoms with van der Waals surface area (Å²) in [5, 5.41) is 11.0. The van der Waals surface area contributed by atoms with E-state index in [1.54, 1.807) is 12.4 Å². The third-order valence-corrected chi connectivity index (χ3v) is 6.10. The zero-order valence-corrected chi connectivity index (χ0v) is 15.7. The van der Waals surface area contributed by atoms with E-state index in [0.717, 1.165) is 33.5 Å². The summed E-state index contributed by atoms with van der Waals surface area (Å²) in [6, 6.07) is 6.87. The van der Waals surface area contributed by atoms with Gasteiger partial charge in [-0.15, -0.1) is 0 Å². The number of anilines is 1. The molecule has 0 aliphatic heterocycles. The first-order chi connectivity index (χ1) is 12.5. The van der Waals surface area contributed by atoms with Gasteiger partial charge in [-0.2, -0.15) is 5.26 Å². The van der Waals surface area contributed by atoms with Crippen molar-refractivity contribution in [2.75, 3.05) is 5.73 Å². The molecule has 1 aromatic carbocycles. The highest BCUT2D eigenvalue weighted by Crippen LogP contribution is 2.45. The molecule has 1 aliphatic carbocycles. The summed E-state index contributed by atoms with van der Waals surface area (Å²) >= 11 is 6.48. The lowest BCUT2D eigenvalue weighted by Gasteiger charge is -2.36. The summed E-state index contributed by atoms with van der Waals surface area (Å²) in [6.07, 6.45) is 9.09. The van der Waals surface area contributed by atoms with E-state index in [1.807, 2.05) is 13.0 Å². The van der Waals surface area contributed by atoms with Crippen molar-refractivity contribution in [3.8, 4) is 17.2 Å². The van der Waals surface area contributed by atoms with Gasteiger partial charge in [-0.05, 0) is 43.4 Å². The molecule has 1 aliphatic rings. The summed E-state index contributed by atoms with van der Waals surface area (Å²) in [5.74, 6) is 0.804. The number of rotatable bonds is 3. The normalized spacial score (nSPS) is 19.3. The standard InChI is InChI=1S/C21H21ClN4/c1-3-13-5-15(6-13)26-11-18(17-9-25-10-19(24)21(17)22)16-7-14(8-23)12(2)4-20(16)26/h4,7,9-11,13,15H,3,5-6,24H2,1-2H3. The third kappa shape index (κ3) is 2.55. The summed E-state index contributed by atoms with van der Waals surface area (Å²) in [4.78, 5) is 4.22. The number of aromatic nitrogens is 2.